The van der Waals surface area contributed by atoms with E-state index in [1.807, 2.05) is 32.3 Å². The molecule has 2 heteroatoms. The van der Waals surface area contributed by atoms with Crippen LogP contribution in [0.5, 0.6) is 0 Å². The first-order valence-electron chi connectivity index (χ1n) is 4.64. The molecule has 0 heterocycles. The molecule has 1 rings (SSSR count). The van der Waals surface area contributed by atoms with Gasteiger partial charge in [-0.1, -0.05) is 30.3 Å². The van der Waals surface area contributed by atoms with Gasteiger partial charge in [0.1, 0.15) is 0 Å². The van der Waals surface area contributed by atoms with E-state index in [0.29, 0.717) is 0 Å². The summed E-state index contributed by atoms with van der Waals surface area (Å²) in [4.78, 5) is 0. The molecular weight excluding hydrogens is 172 g/mol. The SMILES string of the molecule is Cc1ccccc1/C=C/C=N/N(C)C. The van der Waals surface area contributed by atoms with Gasteiger partial charge in [0.15, 0.2) is 0 Å². The van der Waals surface area contributed by atoms with Crippen LogP contribution in [0.1, 0.15) is 11.1 Å². The number of benzene rings is 1. The van der Waals surface area contributed by atoms with Crippen LogP contribution in [-0.2, 0) is 0 Å². The third-order valence-corrected chi connectivity index (χ3v) is 1.85. The lowest BCUT2D eigenvalue weighted by atomic mass is 10.1. The van der Waals surface area contributed by atoms with Crippen LogP contribution < -0.4 is 0 Å². The van der Waals surface area contributed by atoms with E-state index in [4.69, 9.17) is 0 Å². The topological polar surface area (TPSA) is 15.6 Å². The molecule has 74 valence electrons. The molecule has 0 amide bonds. The van der Waals surface area contributed by atoms with Gasteiger partial charge in [-0.3, -0.25) is 0 Å². The lowest BCUT2D eigenvalue weighted by Crippen LogP contribution is -2.00. The Hall–Kier alpha value is -1.57. The van der Waals surface area contributed by atoms with E-state index >= 15 is 0 Å². The number of aryl methyl sites for hydroxylation is 1. The summed E-state index contributed by atoms with van der Waals surface area (Å²) >= 11 is 0. The number of hydrogen-bond acceptors (Lipinski definition) is 2. The maximum Gasteiger partial charge on any atom is 0.0470 e. The van der Waals surface area contributed by atoms with Crippen molar-refractivity contribution < 1.29 is 0 Å². The van der Waals surface area contributed by atoms with Crippen molar-refractivity contribution in [3.63, 3.8) is 0 Å². The van der Waals surface area contributed by atoms with Crippen LogP contribution in [-0.4, -0.2) is 25.3 Å². The highest BCUT2D eigenvalue weighted by molar-refractivity contribution is 5.78. The maximum atomic E-state index is 4.09. The minimum absolute atomic E-state index is 1.23. The zero-order chi connectivity index (χ0) is 10.4. The Morgan fingerprint density at radius 2 is 1.93 bits per heavy atom. The maximum absolute atomic E-state index is 4.09. The second kappa shape index (κ2) is 5.22. The summed E-state index contributed by atoms with van der Waals surface area (Å²) in [7, 11) is 3.80. The van der Waals surface area contributed by atoms with Gasteiger partial charge in [-0.25, -0.2) is 0 Å². The summed E-state index contributed by atoms with van der Waals surface area (Å²) in [6, 6.07) is 8.27. The number of nitrogens with zero attached hydrogens (tertiary/aromatic N) is 2. The summed E-state index contributed by atoms with van der Waals surface area (Å²) in [5, 5.41) is 5.86. The lowest BCUT2D eigenvalue weighted by molar-refractivity contribution is 0.440. The molecule has 0 aliphatic heterocycles. The molecule has 0 unspecified atom stereocenters. The molecule has 0 aliphatic carbocycles. The molecule has 2 nitrogen and oxygen atoms in total. The predicted molar refractivity (Wildman–Crippen MR) is 62.4 cm³/mol. The smallest absolute Gasteiger partial charge is 0.0470 e. The van der Waals surface area contributed by atoms with Gasteiger partial charge in [-0.15, -0.1) is 0 Å². The highest BCUT2D eigenvalue weighted by Gasteiger charge is 1.88. The van der Waals surface area contributed by atoms with E-state index in [9.17, 15) is 0 Å². The van der Waals surface area contributed by atoms with Crippen molar-refractivity contribution >= 4 is 12.3 Å². The van der Waals surface area contributed by atoms with Crippen LogP contribution in [0.25, 0.3) is 6.08 Å². The van der Waals surface area contributed by atoms with Gasteiger partial charge < -0.3 is 5.01 Å². The van der Waals surface area contributed by atoms with Crippen LogP contribution in [0.15, 0.2) is 35.4 Å². The lowest BCUT2D eigenvalue weighted by Gasteiger charge is -2.00. The summed E-state index contributed by atoms with van der Waals surface area (Å²) in [6.07, 6.45) is 5.79. The summed E-state index contributed by atoms with van der Waals surface area (Å²) in [5.41, 5.74) is 2.51. The Morgan fingerprint density at radius 1 is 1.21 bits per heavy atom. The van der Waals surface area contributed by atoms with E-state index in [-0.39, 0.29) is 0 Å². The molecule has 14 heavy (non-hydrogen) atoms. The van der Waals surface area contributed by atoms with E-state index in [1.165, 1.54) is 11.1 Å². The van der Waals surface area contributed by atoms with Crippen molar-refractivity contribution in [2.45, 2.75) is 6.92 Å². The zero-order valence-electron chi connectivity index (χ0n) is 8.94. The molecule has 0 saturated heterocycles. The standard InChI is InChI=1S/C12H16N2/c1-11-7-4-5-8-12(11)9-6-10-13-14(2)3/h4-10H,1-3H3/b9-6+,13-10+. The molecule has 0 fully saturated rings. The fraction of sp³-hybridized carbons (Fsp3) is 0.250. The third kappa shape index (κ3) is 3.44. The first-order valence-corrected chi connectivity index (χ1v) is 4.64. The van der Waals surface area contributed by atoms with Crippen LogP contribution >= 0.6 is 0 Å². The zero-order valence-corrected chi connectivity index (χ0v) is 8.94. The molecular formula is C12H16N2. The minimum atomic E-state index is 1.23. The monoisotopic (exact) mass is 188 g/mol. The Labute approximate surface area is 85.6 Å². The highest BCUT2D eigenvalue weighted by Crippen LogP contribution is 2.07. The fourth-order valence-electron chi connectivity index (χ4n) is 1.09. The van der Waals surface area contributed by atoms with Gasteiger partial charge in [-0.2, -0.15) is 5.10 Å². The first-order chi connectivity index (χ1) is 6.70. The van der Waals surface area contributed by atoms with Crippen molar-refractivity contribution in [3.05, 3.63) is 41.5 Å². The summed E-state index contributed by atoms with van der Waals surface area (Å²) < 4.78 is 0. The van der Waals surface area contributed by atoms with Gasteiger partial charge >= 0.3 is 0 Å². The third-order valence-electron chi connectivity index (χ3n) is 1.85. The second-order valence-corrected chi connectivity index (χ2v) is 3.33. The highest BCUT2D eigenvalue weighted by atomic mass is 15.4. The number of hydrazone groups is 1. The average molecular weight is 188 g/mol. The molecule has 0 aromatic heterocycles. The van der Waals surface area contributed by atoms with E-state index in [2.05, 4.69) is 30.2 Å². The first kappa shape index (κ1) is 10.5. The Morgan fingerprint density at radius 3 is 2.57 bits per heavy atom. The molecule has 1 aromatic carbocycles. The van der Waals surface area contributed by atoms with Crippen molar-refractivity contribution in [2.24, 2.45) is 5.10 Å². The Kier molecular flexibility index (Phi) is 3.92. The molecule has 0 aliphatic rings. The minimum Gasteiger partial charge on any atom is -0.303 e. The van der Waals surface area contributed by atoms with Crippen molar-refractivity contribution in [2.75, 3.05) is 14.1 Å². The largest absolute Gasteiger partial charge is 0.303 e. The van der Waals surface area contributed by atoms with Gasteiger partial charge in [0.05, 0.1) is 0 Å². The molecule has 0 saturated carbocycles. The summed E-state index contributed by atoms with van der Waals surface area (Å²) in [5.74, 6) is 0. The van der Waals surface area contributed by atoms with Crippen molar-refractivity contribution in [1.29, 1.82) is 0 Å². The van der Waals surface area contributed by atoms with Crippen LogP contribution in [0.4, 0.5) is 0 Å². The molecule has 0 bridgehead atoms. The molecule has 0 spiro atoms. The fourth-order valence-corrected chi connectivity index (χ4v) is 1.09. The normalized spacial score (nSPS) is 11.4. The average Bonchev–Trinajstić information content (AvgIpc) is 2.15. The quantitative estimate of drug-likeness (QED) is 0.526. The van der Waals surface area contributed by atoms with Crippen LogP contribution in [0.3, 0.4) is 0 Å². The number of allylic oxidation sites excluding steroid dienone is 1. The van der Waals surface area contributed by atoms with Gasteiger partial charge in [0.25, 0.3) is 0 Å². The second-order valence-electron chi connectivity index (χ2n) is 3.33. The Bertz CT molecular complexity index is 338. The molecule has 0 atom stereocenters. The van der Waals surface area contributed by atoms with Gasteiger partial charge in [0.2, 0.25) is 0 Å². The van der Waals surface area contributed by atoms with Crippen LogP contribution in [0.2, 0.25) is 0 Å². The predicted octanol–water partition coefficient (Wildman–Crippen LogP) is 2.56. The van der Waals surface area contributed by atoms with Gasteiger partial charge in [-0.05, 0) is 24.1 Å². The molecule has 0 radical (unpaired) electrons. The van der Waals surface area contributed by atoms with Gasteiger partial charge in [0, 0.05) is 20.3 Å². The van der Waals surface area contributed by atoms with Crippen molar-refractivity contribution in [1.82, 2.24) is 5.01 Å². The van der Waals surface area contributed by atoms with E-state index < -0.39 is 0 Å². The summed E-state index contributed by atoms with van der Waals surface area (Å²) in [6.45, 7) is 2.10. The van der Waals surface area contributed by atoms with Crippen molar-refractivity contribution in [3.8, 4) is 0 Å². The van der Waals surface area contributed by atoms with E-state index in [1.54, 1.807) is 11.2 Å². The number of rotatable bonds is 3. The van der Waals surface area contributed by atoms with E-state index in [0.717, 1.165) is 0 Å². The van der Waals surface area contributed by atoms with Crippen LogP contribution in [0, 0.1) is 6.92 Å². The molecule has 1 aromatic rings. The number of hydrogen-bond donors (Lipinski definition) is 0. The molecule has 0 N–H and O–H groups in total. The Balaban J connectivity index is 2.65.